The van der Waals surface area contributed by atoms with Crippen molar-refractivity contribution in [1.82, 2.24) is 5.32 Å². The lowest BCUT2D eigenvalue weighted by Crippen LogP contribution is -2.50. The predicted octanol–water partition coefficient (Wildman–Crippen LogP) is 4.12. The van der Waals surface area contributed by atoms with E-state index in [1.807, 2.05) is 37.3 Å². The van der Waals surface area contributed by atoms with Crippen LogP contribution in [0.1, 0.15) is 25.0 Å². The van der Waals surface area contributed by atoms with Gasteiger partial charge in [0.15, 0.2) is 6.10 Å². The minimum Gasteiger partial charge on any atom is -0.497 e. The summed E-state index contributed by atoms with van der Waals surface area (Å²) in [6.45, 7) is 8.10. The van der Waals surface area contributed by atoms with Crippen molar-refractivity contribution >= 4 is 27.3 Å². The summed E-state index contributed by atoms with van der Waals surface area (Å²) in [6, 6.07) is 19.5. The van der Waals surface area contributed by atoms with Gasteiger partial charge in [-0.15, -0.1) is 0 Å². The number of carbonyl (C=O) groups excluding carboxylic acids is 1. The molecule has 0 aliphatic carbocycles. The fourth-order valence-corrected chi connectivity index (χ4v) is 5.78. The first kappa shape index (κ1) is 26.3. The number of ether oxygens (including phenoxy) is 2. The summed E-state index contributed by atoms with van der Waals surface area (Å²) in [7, 11) is -2.43. The zero-order chi connectivity index (χ0) is 26.6. The Morgan fingerprint density at radius 3 is 2.35 bits per heavy atom. The molecule has 8 nitrogen and oxygen atoms in total. The fraction of sp³-hybridized carbons (Fsp3) is 0.321. The van der Waals surface area contributed by atoms with Crippen molar-refractivity contribution < 1.29 is 22.7 Å². The second-order valence-corrected chi connectivity index (χ2v) is 10.7. The van der Waals surface area contributed by atoms with Gasteiger partial charge in [0.1, 0.15) is 11.5 Å². The zero-order valence-corrected chi connectivity index (χ0v) is 22.4. The van der Waals surface area contributed by atoms with Gasteiger partial charge in [-0.2, -0.15) is 0 Å². The van der Waals surface area contributed by atoms with Crippen LogP contribution in [-0.2, 0) is 21.4 Å². The van der Waals surface area contributed by atoms with Gasteiger partial charge in [0.25, 0.3) is 15.9 Å². The molecule has 1 atom stereocenters. The summed E-state index contributed by atoms with van der Waals surface area (Å²) in [6.07, 6.45) is -1.00. The van der Waals surface area contributed by atoms with E-state index in [1.54, 1.807) is 24.3 Å². The molecule has 37 heavy (non-hydrogen) atoms. The van der Waals surface area contributed by atoms with Crippen molar-refractivity contribution in [3.63, 3.8) is 0 Å². The molecule has 1 aliphatic rings. The lowest BCUT2D eigenvalue weighted by Gasteiger charge is -2.35. The third-order valence-electron chi connectivity index (χ3n) is 6.46. The first-order valence-corrected chi connectivity index (χ1v) is 13.8. The summed E-state index contributed by atoms with van der Waals surface area (Å²) in [5, 5.41) is 2.90. The molecule has 1 unspecified atom stereocenters. The van der Waals surface area contributed by atoms with Crippen molar-refractivity contribution in [3.8, 4) is 11.5 Å². The number of rotatable bonds is 9. The highest BCUT2D eigenvalue weighted by atomic mass is 32.2. The summed E-state index contributed by atoms with van der Waals surface area (Å²) in [5.74, 6) is 0.520. The molecular formula is C28H33N3O5S. The van der Waals surface area contributed by atoms with Crippen molar-refractivity contribution in [1.29, 1.82) is 0 Å². The molecule has 0 aromatic heterocycles. The van der Waals surface area contributed by atoms with Crippen LogP contribution in [0.4, 0.5) is 11.4 Å². The van der Waals surface area contributed by atoms with Crippen LogP contribution in [-0.4, -0.2) is 47.2 Å². The molecule has 196 valence electrons. The summed E-state index contributed by atoms with van der Waals surface area (Å²) >= 11 is 0. The van der Waals surface area contributed by atoms with Crippen LogP contribution in [0.15, 0.2) is 71.6 Å². The number of anilines is 2. The first-order chi connectivity index (χ1) is 17.8. The molecule has 4 rings (SSSR count). The SMILES string of the molecule is CCN(CC)c1ccc(CNC(=O)C2CN(S(=O)(=O)c3ccc(OC)cc3)c3cc(C)ccc3O2)cc1. The molecule has 0 bridgehead atoms. The molecule has 1 aliphatic heterocycles. The monoisotopic (exact) mass is 523 g/mol. The van der Waals surface area contributed by atoms with Crippen molar-refractivity contribution in [3.05, 3.63) is 77.9 Å². The second-order valence-electron chi connectivity index (χ2n) is 8.85. The van der Waals surface area contributed by atoms with Crippen LogP contribution in [0.5, 0.6) is 11.5 Å². The summed E-state index contributed by atoms with van der Waals surface area (Å²) < 4.78 is 39.7. The maximum absolute atomic E-state index is 13.6. The number of hydrogen-bond acceptors (Lipinski definition) is 6. The second kappa shape index (κ2) is 11.1. The number of hydrogen-bond donors (Lipinski definition) is 1. The normalized spacial score (nSPS) is 14.9. The molecule has 1 amide bonds. The third-order valence-corrected chi connectivity index (χ3v) is 8.25. The Balaban J connectivity index is 1.53. The van der Waals surface area contributed by atoms with Gasteiger partial charge in [-0.3, -0.25) is 9.10 Å². The Morgan fingerprint density at radius 2 is 1.73 bits per heavy atom. The third kappa shape index (κ3) is 5.67. The summed E-state index contributed by atoms with van der Waals surface area (Å²) in [4.78, 5) is 15.5. The van der Waals surface area contributed by atoms with E-state index in [0.717, 1.165) is 29.9 Å². The van der Waals surface area contributed by atoms with Gasteiger partial charge in [0.05, 0.1) is 24.2 Å². The molecule has 0 saturated carbocycles. The molecule has 1 N–H and O–H groups in total. The van der Waals surface area contributed by atoms with E-state index in [2.05, 4.69) is 24.1 Å². The lowest BCUT2D eigenvalue weighted by atomic mass is 10.1. The highest BCUT2D eigenvalue weighted by Gasteiger charge is 2.37. The van der Waals surface area contributed by atoms with Gasteiger partial charge in [-0.05, 0) is 80.4 Å². The van der Waals surface area contributed by atoms with Crippen LogP contribution in [0.2, 0.25) is 0 Å². The van der Waals surface area contributed by atoms with Crippen molar-refractivity contribution in [2.75, 3.05) is 35.9 Å². The van der Waals surface area contributed by atoms with Crippen LogP contribution >= 0.6 is 0 Å². The number of methoxy groups -OCH3 is 1. The molecule has 0 radical (unpaired) electrons. The van der Waals surface area contributed by atoms with Gasteiger partial charge in [-0.1, -0.05) is 18.2 Å². The smallest absolute Gasteiger partial charge is 0.264 e. The average Bonchev–Trinajstić information content (AvgIpc) is 2.92. The topological polar surface area (TPSA) is 88.2 Å². The van der Waals surface area contributed by atoms with E-state index >= 15 is 0 Å². The van der Waals surface area contributed by atoms with Gasteiger partial charge >= 0.3 is 0 Å². The van der Waals surface area contributed by atoms with Crippen molar-refractivity contribution in [2.45, 2.75) is 38.3 Å². The molecule has 0 spiro atoms. The molecule has 9 heteroatoms. The van der Waals surface area contributed by atoms with Crippen LogP contribution < -0.4 is 24.0 Å². The van der Waals surface area contributed by atoms with E-state index in [9.17, 15) is 13.2 Å². The Bertz CT molecular complexity index is 1340. The van der Waals surface area contributed by atoms with Crippen LogP contribution in [0, 0.1) is 6.92 Å². The fourth-order valence-electron chi connectivity index (χ4n) is 4.32. The molecule has 3 aromatic carbocycles. The molecule has 1 heterocycles. The standard InChI is InChI=1S/C28H33N3O5S/c1-5-30(6-2)22-10-8-21(9-11-22)18-29-28(32)27-19-31(25-17-20(3)7-16-26(25)36-27)37(33,34)24-14-12-23(35-4)13-15-24/h7-17,27H,5-6,18-19H2,1-4H3,(H,29,32). The summed E-state index contributed by atoms with van der Waals surface area (Å²) in [5.41, 5.74) is 3.36. The number of nitrogens with one attached hydrogen (secondary N) is 1. The number of fused-ring (bicyclic) bond motifs is 1. The van der Waals surface area contributed by atoms with Gasteiger partial charge in [0.2, 0.25) is 0 Å². The number of sulfonamides is 1. The first-order valence-electron chi connectivity index (χ1n) is 12.3. The number of aryl methyl sites for hydroxylation is 1. The van der Waals surface area contributed by atoms with E-state index in [4.69, 9.17) is 9.47 Å². The van der Waals surface area contributed by atoms with Crippen LogP contribution in [0.3, 0.4) is 0 Å². The highest BCUT2D eigenvalue weighted by Crippen LogP contribution is 2.38. The van der Waals surface area contributed by atoms with E-state index < -0.39 is 16.1 Å². The van der Waals surface area contributed by atoms with Crippen LogP contribution in [0.25, 0.3) is 0 Å². The van der Waals surface area contributed by atoms with Crippen molar-refractivity contribution in [2.24, 2.45) is 0 Å². The maximum atomic E-state index is 13.6. The molecule has 0 fully saturated rings. The quantitative estimate of drug-likeness (QED) is 0.454. The maximum Gasteiger partial charge on any atom is 0.264 e. The molecule has 0 saturated heterocycles. The number of amides is 1. The van der Waals surface area contributed by atoms with Gasteiger partial charge < -0.3 is 19.7 Å². The Labute approximate surface area is 218 Å². The Kier molecular flexibility index (Phi) is 7.92. The van der Waals surface area contributed by atoms with E-state index in [1.165, 1.54) is 23.5 Å². The Hall–Kier alpha value is -3.72. The lowest BCUT2D eigenvalue weighted by molar-refractivity contribution is -0.127. The highest BCUT2D eigenvalue weighted by molar-refractivity contribution is 7.92. The Morgan fingerprint density at radius 1 is 1.05 bits per heavy atom. The van der Waals surface area contributed by atoms with E-state index in [0.29, 0.717) is 23.7 Å². The van der Waals surface area contributed by atoms with E-state index in [-0.39, 0.29) is 17.3 Å². The molecular weight excluding hydrogens is 490 g/mol. The zero-order valence-electron chi connectivity index (χ0n) is 21.6. The number of benzene rings is 3. The van der Waals surface area contributed by atoms with Gasteiger partial charge in [0, 0.05) is 25.3 Å². The largest absolute Gasteiger partial charge is 0.497 e. The van der Waals surface area contributed by atoms with Gasteiger partial charge in [-0.25, -0.2) is 8.42 Å². The average molecular weight is 524 g/mol. The number of nitrogens with zero attached hydrogens (tertiary/aromatic N) is 2. The number of carbonyl (C=O) groups is 1. The predicted molar refractivity (Wildman–Crippen MR) is 145 cm³/mol. The molecule has 3 aromatic rings. The minimum atomic E-state index is -3.96. The minimum absolute atomic E-state index is 0.107.